The van der Waals surface area contributed by atoms with E-state index < -0.39 is 5.97 Å². The predicted octanol–water partition coefficient (Wildman–Crippen LogP) is 4.91. The molecule has 0 amide bonds. The number of benzene rings is 2. The fraction of sp³-hybridized carbons (Fsp3) is 0.182. The van der Waals surface area contributed by atoms with Crippen LogP contribution >= 0.6 is 0 Å². The second-order valence-electron chi connectivity index (χ2n) is 6.30. The average Bonchev–Trinajstić information content (AvgIpc) is 2.67. The molecule has 0 spiro atoms. The Balaban J connectivity index is 1.58. The van der Waals surface area contributed by atoms with E-state index in [1.54, 1.807) is 6.20 Å². The summed E-state index contributed by atoms with van der Waals surface area (Å²) in [7, 11) is 0. The van der Waals surface area contributed by atoms with Crippen molar-refractivity contribution in [2.45, 2.75) is 25.9 Å². The number of pyridine rings is 1. The van der Waals surface area contributed by atoms with E-state index in [4.69, 9.17) is 9.84 Å². The summed E-state index contributed by atoms with van der Waals surface area (Å²) in [5, 5.41) is 8.87. The Labute approximate surface area is 153 Å². The Bertz CT molecular complexity index is 843. The van der Waals surface area contributed by atoms with Crippen LogP contribution in [0.15, 0.2) is 73.1 Å². The van der Waals surface area contributed by atoms with Gasteiger partial charge in [-0.3, -0.25) is 9.78 Å². The molecule has 0 radical (unpaired) electrons. The lowest BCUT2D eigenvalue weighted by atomic mass is 9.98. The lowest BCUT2D eigenvalue weighted by molar-refractivity contribution is -0.137. The molecule has 0 aliphatic carbocycles. The topological polar surface area (TPSA) is 59.4 Å². The quantitative estimate of drug-likeness (QED) is 0.660. The molecule has 0 bridgehead atoms. The van der Waals surface area contributed by atoms with Gasteiger partial charge in [0, 0.05) is 12.4 Å². The fourth-order valence-corrected chi connectivity index (χ4v) is 2.77. The molecular formula is C22H21NO3. The molecule has 0 saturated heterocycles. The summed E-state index contributed by atoms with van der Waals surface area (Å²) in [4.78, 5) is 14.9. The maximum absolute atomic E-state index is 10.8. The first-order chi connectivity index (χ1) is 12.6. The van der Waals surface area contributed by atoms with E-state index in [9.17, 15) is 4.79 Å². The molecule has 1 atom stereocenters. The summed E-state index contributed by atoms with van der Waals surface area (Å²) in [6.07, 6.45) is 3.74. The van der Waals surface area contributed by atoms with Crippen LogP contribution in [0.3, 0.4) is 0 Å². The highest BCUT2D eigenvalue weighted by molar-refractivity contribution is 5.68. The number of nitrogens with zero attached hydrogens (tertiary/aromatic N) is 1. The zero-order valence-corrected chi connectivity index (χ0v) is 14.6. The number of rotatable bonds is 7. The monoisotopic (exact) mass is 347 g/mol. The van der Waals surface area contributed by atoms with E-state index in [1.807, 2.05) is 61.7 Å². The van der Waals surface area contributed by atoms with Crippen molar-refractivity contribution in [3.63, 3.8) is 0 Å². The van der Waals surface area contributed by atoms with E-state index in [2.05, 4.69) is 17.1 Å². The van der Waals surface area contributed by atoms with Gasteiger partial charge in [0.2, 0.25) is 0 Å². The first kappa shape index (κ1) is 17.7. The summed E-state index contributed by atoms with van der Waals surface area (Å²) >= 11 is 0. The minimum absolute atomic E-state index is 0.0124. The molecule has 1 aromatic heterocycles. The van der Waals surface area contributed by atoms with Gasteiger partial charge in [0.05, 0.1) is 6.42 Å². The SMILES string of the molecule is CC(CC(=O)O)c1ccc(OCc2ccc(-c3cccnc3)cc2)cc1. The van der Waals surface area contributed by atoms with Crippen LogP contribution in [0.25, 0.3) is 11.1 Å². The van der Waals surface area contributed by atoms with Crippen molar-refractivity contribution in [1.29, 1.82) is 0 Å². The van der Waals surface area contributed by atoms with Crippen LogP contribution in [0.2, 0.25) is 0 Å². The van der Waals surface area contributed by atoms with Crippen LogP contribution in [-0.4, -0.2) is 16.1 Å². The van der Waals surface area contributed by atoms with Gasteiger partial charge in [-0.15, -0.1) is 0 Å². The van der Waals surface area contributed by atoms with Crippen molar-refractivity contribution < 1.29 is 14.6 Å². The zero-order chi connectivity index (χ0) is 18.4. The number of carboxylic acid groups (broad SMARTS) is 1. The van der Waals surface area contributed by atoms with E-state index in [0.29, 0.717) is 6.61 Å². The van der Waals surface area contributed by atoms with Gasteiger partial charge >= 0.3 is 5.97 Å². The van der Waals surface area contributed by atoms with Gasteiger partial charge in [-0.25, -0.2) is 0 Å². The Hall–Kier alpha value is -3.14. The molecule has 1 unspecified atom stereocenters. The Morgan fingerprint density at radius 3 is 2.38 bits per heavy atom. The second-order valence-corrected chi connectivity index (χ2v) is 6.30. The molecule has 26 heavy (non-hydrogen) atoms. The Morgan fingerprint density at radius 2 is 1.77 bits per heavy atom. The van der Waals surface area contributed by atoms with Crippen LogP contribution in [-0.2, 0) is 11.4 Å². The highest BCUT2D eigenvalue weighted by Gasteiger charge is 2.10. The van der Waals surface area contributed by atoms with E-state index >= 15 is 0 Å². The number of aromatic nitrogens is 1. The molecule has 1 N–H and O–H groups in total. The lowest BCUT2D eigenvalue weighted by Crippen LogP contribution is -2.03. The number of hydrogen-bond acceptors (Lipinski definition) is 3. The van der Waals surface area contributed by atoms with Gasteiger partial charge in [0.15, 0.2) is 0 Å². The highest BCUT2D eigenvalue weighted by atomic mass is 16.5. The van der Waals surface area contributed by atoms with Gasteiger partial charge in [0.1, 0.15) is 12.4 Å². The molecule has 3 rings (SSSR count). The number of hydrogen-bond donors (Lipinski definition) is 1. The maximum atomic E-state index is 10.8. The molecule has 4 heteroatoms. The van der Waals surface area contributed by atoms with Crippen molar-refractivity contribution in [2.75, 3.05) is 0 Å². The maximum Gasteiger partial charge on any atom is 0.303 e. The Kier molecular flexibility index (Phi) is 5.64. The second kappa shape index (κ2) is 8.30. The molecule has 1 heterocycles. The largest absolute Gasteiger partial charge is 0.489 e. The number of aliphatic carboxylic acids is 1. The van der Waals surface area contributed by atoms with Gasteiger partial charge in [0.25, 0.3) is 0 Å². The van der Waals surface area contributed by atoms with Crippen molar-refractivity contribution >= 4 is 5.97 Å². The minimum atomic E-state index is -0.785. The average molecular weight is 347 g/mol. The van der Waals surface area contributed by atoms with Crippen LogP contribution in [0.1, 0.15) is 30.4 Å². The van der Waals surface area contributed by atoms with Gasteiger partial charge < -0.3 is 9.84 Å². The van der Waals surface area contributed by atoms with Gasteiger partial charge in [-0.05, 0) is 46.4 Å². The number of ether oxygens (including phenoxy) is 1. The molecule has 4 nitrogen and oxygen atoms in total. The normalized spacial score (nSPS) is 11.7. The Morgan fingerprint density at radius 1 is 1.04 bits per heavy atom. The summed E-state index contributed by atoms with van der Waals surface area (Å²) < 4.78 is 5.82. The molecule has 0 fully saturated rings. The van der Waals surface area contributed by atoms with Gasteiger partial charge in [-0.2, -0.15) is 0 Å². The standard InChI is InChI=1S/C22H21NO3/c1-16(13-22(24)25)18-8-10-21(11-9-18)26-15-17-4-6-19(7-5-17)20-3-2-12-23-14-20/h2-12,14,16H,13,15H2,1H3,(H,24,25). The minimum Gasteiger partial charge on any atom is -0.489 e. The van der Waals surface area contributed by atoms with Gasteiger partial charge in [-0.1, -0.05) is 49.4 Å². The summed E-state index contributed by atoms with van der Waals surface area (Å²) in [6.45, 7) is 2.39. The van der Waals surface area contributed by atoms with E-state index in [-0.39, 0.29) is 12.3 Å². The molecular weight excluding hydrogens is 326 g/mol. The first-order valence-electron chi connectivity index (χ1n) is 8.56. The summed E-state index contributed by atoms with van der Waals surface area (Å²) in [5.41, 5.74) is 4.30. The highest BCUT2D eigenvalue weighted by Crippen LogP contribution is 2.23. The third-order valence-electron chi connectivity index (χ3n) is 4.28. The van der Waals surface area contributed by atoms with E-state index in [1.165, 1.54) is 0 Å². The summed E-state index contributed by atoms with van der Waals surface area (Å²) in [5.74, 6) is -0.0262. The number of carbonyl (C=O) groups is 1. The first-order valence-corrected chi connectivity index (χ1v) is 8.56. The molecule has 0 aliphatic heterocycles. The predicted molar refractivity (Wildman–Crippen MR) is 101 cm³/mol. The molecule has 2 aromatic carbocycles. The smallest absolute Gasteiger partial charge is 0.303 e. The van der Waals surface area contributed by atoms with Crippen LogP contribution < -0.4 is 4.74 Å². The fourth-order valence-electron chi connectivity index (χ4n) is 2.77. The van der Waals surface area contributed by atoms with Crippen molar-refractivity contribution in [1.82, 2.24) is 4.98 Å². The summed E-state index contributed by atoms with van der Waals surface area (Å²) in [6, 6.07) is 19.8. The van der Waals surface area contributed by atoms with E-state index in [0.717, 1.165) is 28.0 Å². The third kappa shape index (κ3) is 4.70. The van der Waals surface area contributed by atoms with Crippen LogP contribution in [0.4, 0.5) is 0 Å². The van der Waals surface area contributed by atoms with Crippen molar-refractivity contribution in [3.05, 3.63) is 84.2 Å². The number of carboxylic acids is 1. The molecule has 0 aliphatic rings. The lowest BCUT2D eigenvalue weighted by Gasteiger charge is -2.11. The molecule has 132 valence electrons. The van der Waals surface area contributed by atoms with Crippen molar-refractivity contribution in [3.8, 4) is 16.9 Å². The molecule has 3 aromatic rings. The van der Waals surface area contributed by atoms with Crippen LogP contribution in [0.5, 0.6) is 5.75 Å². The van der Waals surface area contributed by atoms with Crippen LogP contribution in [0, 0.1) is 0 Å². The zero-order valence-electron chi connectivity index (χ0n) is 14.6. The van der Waals surface area contributed by atoms with Crippen molar-refractivity contribution in [2.24, 2.45) is 0 Å². The molecule has 0 saturated carbocycles. The third-order valence-corrected chi connectivity index (χ3v) is 4.28.